The lowest BCUT2D eigenvalue weighted by Gasteiger charge is -2.11. The van der Waals surface area contributed by atoms with Gasteiger partial charge in [0.25, 0.3) is 5.91 Å². The van der Waals surface area contributed by atoms with Crippen molar-refractivity contribution < 1.29 is 14.3 Å². The normalized spacial score (nSPS) is 13.7. The van der Waals surface area contributed by atoms with Gasteiger partial charge in [0.1, 0.15) is 18.1 Å². The van der Waals surface area contributed by atoms with E-state index in [0.29, 0.717) is 60.6 Å². The number of ether oxygens (including phenoxy) is 1. The van der Waals surface area contributed by atoms with Crippen LogP contribution in [0.1, 0.15) is 29.8 Å². The summed E-state index contributed by atoms with van der Waals surface area (Å²) in [5.74, 6) is 0.231. The highest BCUT2D eigenvalue weighted by atomic mass is 35.5. The molecule has 27 heavy (non-hydrogen) atoms. The van der Waals surface area contributed by atoms with Crippen molar-refractivity contribution >= 4 is 35.2 Å². The molecule has 3 rings (SSSR count). The Morgan fingerprint density at radius 1 is 1.33 bits per heavy atom. The van der Waals surface area contributed by atoms with Crippen molar-refractivity contribution in [3.8, 4) is 5.69 Å². The van der Waals surface area contributed by atoms with Crippen LogP contribution in [0.25, 0.3) is 5.69 Å². The van der Waals surface area contributed by atoms with Gasteiger partial charge in [-0.1, -0.05) is 36.2 Å². The Balaban J connectivity index is 1.65. The summed E-state index contributed by atoms with van der Waals surface area (Å²) in [6.45, 7) is 3.82. The number of hydrogen-bond acceptors (Lipinski definition) is 5. The molecule has 0 aliphatic carbocycles. The summed E-state index contributed by atoms with van der Waals surface area (Å²) in [5, 5.41) is 7.89. The molecule has 0 unspecified atom stereocenters. The van der Waals surface area contributed by atoms with Crippen LogP contribution in [0, 0.1) is 0 Å². The van der Waals surface area contributed by atoms with E-state index >= 15 is 0 Å². The number of hydrogen-bond donors (Lipinski definition) is 1. The summed E-state index contributed by atoms with van der Waals surface area (Å²) in [4.78, 5) is 29.6. The van der Waals surface area contributed by atoms with Gasteiger partial charge in [0.05, 0.1) is 16.6 Å². The summed E-state index contributed by atoms with van der Waals surface area (Å²) >= 11 is 12.5. The molecule has 0 bridgehead atoms. The lowest BCUT2D eigenvalue weighted by atomic mass is 10.3. The van der Waals surface area contributed by atoms with E-state index in [2.05, 4.69) is 15.4 Å². The molecule has 8 nitrogen and oxygen atoms in total. The first-order valence-electron chi connectivity index (χ1n) is 8.61. The Morgan fingerprint density at radius 3 is 2.70 bits per heavy atom. The molecule has 144 valence electrons. The summed E-state index contributed by atoms with van der Waals surface area (Å²) < 4.78 is 6.36. The SMILES string of the molecule is CCc1nc(C(=O)NCCCN2CCOC2=O)nn1-c1c(Cl)cccc1Cl. The van der Waals surface area contributed by atoms with Crippen molar-refractivity contribution in [3.05, 3.63) is 39.9 Å². The molecule has 0 atom stereocenters. The van der Waals surface area contributed by atoms with Crippen molar-refractivity contribution in [2.45, 2.75) is 19.8 Å². The van der Waals surface area contributed by atoms with E-state index in [4.69, 9.17) is 27.9 Å². The topological polar surface area (TPSA) is 89.3 Å². The zero-order chi connectivity index (χ0) is 19.4. The predicted octanol–water partition coefficient (Wildman–Crippen LogP) is 2.71. The van der Waals surface area contributed by atoms with Crippen LogP contribution in [0.4, 0.5) is 4.79 Å². The van der Waals surface area contributed by atoms with E-state index in [1.807, 2.05) is 6.92 Å². The molecule has 1 fully saturated rings. The fourth-order valence-electron chi connectivity index (χ4n) is 2.72. The molecule has 10 heteroatoms. The monoisotopic (exact) mass is 411 g/mol. The number of para-hydroxylation sites is 1. The van der Waals surface area contributed by atoms with Gasteiger partial charge in [-0.3, -0.25) is 4.79 Å². The van der Waals surface area contributed by atoms with Gasteiger partial charge in [-0.2, -0.15) is 0 Å². The van der Waals surface area contributed by atoms with Gasteiger partial charge < -0.3 is 15.0 Å². The van der Waals surface area contributed by atoms with Gasteiger partial charge in [0, 0.05) is 19.5 Å². The Labute approximate surface area is 166 Å². The lowest BCUT2D eigenvalue weighted by Crippen LogP contribution is -2.31. The minimum Gasteiger partial charge on any atom is -0.448 e. The third-order valence-corrected chi connectivity index (χ3v) is 4.69. The maximum atomic E-state index is 12.4. The molecule has 2 amide bonds. The number of carbonyl (C=O) groups is 2. The fourth-order valence-corrected chi connectivity index (χ4v) is 3.28. The summed E-state index contributed by atoms with van der Waals surface area (Å²) in [6, 6.07) is 5.14. The standard InChI is InChI=1S/C17H19Cl2N5O3/c1-2-13-21-15(22-24(13)14-11(18)5-3-6-12(14)19)16(25)20-7-4-8-23-9-10-27-17(23)26/h3,5-6H,2,4,7-10H2,1H3,(H,20,25). The van der Waals surface area contributed by atoms with Crippen LogP contribution in [0.5, 0.6) is 0 Å². The number of benzene rings is 1. The molecule has 0 spiro atoms. The third kappa shape index (κ3) is 4.33. The molecule has 1 aliphatic rings. The molecule has 1 aromatic carbocycles. The molecule has 2 heterocycles. The number of aromatic nitrogens is 3. The number of cyclic esters (lactones) is 1. The minimum atomic E-state index is -0.393. The van der Waals surface area contributed by atoms with Gasteiger partial charge in [-0.25, -0.2) is 14.5 Å². The molecule has 2 aromatic rings. The second-order valence-corrected chi connectivity index (χ2v) is 6.71. The average molecular weight is 412 g/mol. The molecular formula is C17H19Cl2N5O3. The van der Waals surface area contributed by atoms with E-state index in [-0.39, 0.29) is 11.9 Å². The molecule has 1 aliphatic heterocycles. The van der Waals surface area contributed by atoms with E-state index in [1.165, 1.54) is 4.68 Å². The van der Waals surface area contributed by atoms with Crippen LogP contribution in [-0.2, 0) is 11.2 Å². The number of carbonyl (C=O) groups excluding carboxylic acids is 2. The quantitative estimate of drug-likeness (QED) is 0.707. The van der Waals surface area contributed by atoms with Gasteiger partial charge in [-0.15, -0.1) is 5.10 Å². The van der Waals surface area contributed by atoms with Crippen molar-refractivity contribution in [2.75, 3.05) is 26.2 Å². The Bertz CT molecular complexity index is 835. The van der Waals surface area contributed by atoms with Crippen LogP contribution in [0.3, 0.4) is 0 Å². The van der Waals surface area contributed by atoms with Crippen molar-refractivity contribution in [2.24, 2.45) is 0 Å². The van der Waals surface area contributed by atoms with Crippen molar-refractivity contribution in [3.63, 3.8) is 0 Å². The van der Waals surface area contributed by atoms with E-state index in [9.17, 15) is 9.59 Å². The Kier molecular flexibility index (Phi) is 6.18. The number of nitrogens with zero attached hydrogens (tertiary/aromatic N) is 4. The summed E-state index contributed by atoms with van der Waals surface area (Å²) in [6.07, 6.45) is 0.850. The second kappa shape index (κ2) is 8.58. The average Bonchev–Trinajstić information content (AvgIpc) is 3.25. The van der Waals surface area contributed by atoms with Crippen LogP contribution >= 0.6 is 23.2 Å². The smallest absolute Gasteiger partial charge is 0.409 e. The highest BCUT2D eigenvalue weighted by Gasteiger charge is 2.22. The molecular weight excluding hydrogens is 393 g/mol. The van der Waals surface area contributed by atoms with Crippen LogP contribution in [0.15, 0.2) is 18.2 Å². The molecule has 1 N–H and O–H groups in total. The first kappa shape index (κ1) is 19.4. The third-order valence-electron chi connectivity index (χ3n) is 4.08. The molecule has 1 saturated heterocycles. The Hall–Kier alpha value is -2.32. The fraction of sp³-hybridized carbons (Fsp3) is 0.412. The van der Waals surface area contributed by atoms with E-state index in [1.54, 1.807) is 23.1 Å². The maximum absolute atomic E-state index is 12.4. The van der Waals surface area contributed by atoms with Gasteiger partial charge >= 0.3 is 6.09 Å². The Morgan fingerprint density at radius 2 is 2.07 bits per heavy atom. The van der Waals surface area contributed by atoms with Gasteiger partial charge in [0.2, 0.25) is 5.82 Å². The van der Waals surface area contributed by atoms with Crippen molar-refractivity contribution in [1.29, 1.82) is 0 Å². The predicted molar refractivity (Wildman–Crippen MR) is 101 cm³/mol. The maximum Gasteiger partial charge on any atom is 0.409 e. The van der Waals surface area contributed by atoms with Crippen LogP contribution in [-0.4, -0.2) is 57.9 Å². The number of halogens is 2. The zero-order valence-electron chi connectivity index (χ0n) is 14.7. The highest BCUT2D eigenvalue weighted by molar-refractivity contribution is 6.37. The first-order valence-corrected chi connectivity index (χ1v) is 9.37. The molecule has 0 saturated carbocycles. The van der Waals surface area contributed by atoms with Crippen LogP contribution in [0.2, 0.25) is 10.0 Å². The van der Waals surface area contributed by atoms with Gasteiger partial charge in [0.15, 0.2) is 0 Å². The lowest BCUT2D eigenvalue weighted by molar-refractivity contribution is 0.0942. The first-order chi connectivity index (χ1) is 13.0. The summed E-state index contributed by atoms with van der Waals surface area (Å²) in [5.41, 5.74) is 0.497. The molecule has 1 aromatic heterocycles. The number of aryl methyl sites for hydroxylation is 1. The van der Waals surface area contributed by atoms with E-state index in [0.717, 1.165) is 0 Å². The second-order valence-electron chi connectivity index (χ2n) is 5.90. The minimum absolute atomic E-state index is 0.0448. The van der Waals surface area contributed by atoms with Gasteiger partial charge in [-0.05, 0) is 18.6 Å². The van der Waals surface area contributed by atoms with Crippen LogP contribution < -0.4 is 5.32 Å². The van der Waals surface area contributed by atoms with E-state index < -0.39 is 5.91 Å². The largest absolute Gasteiger partial charge is 0.448 e. The zero-order valence-corrected chi connectivity index (χ0v) is 16.3. The molecule has 0 radical (unpaired) electrons. The number of amides is 2. The van der Waals surface area contributed by atoms with Crippen molar-refractivity contribution in [1.82, 2.24) is 25.0 Å². The number of nitrogens with one attached hydrogen (secondary N) is 1. The summed E-state index contributed by atoms with van der Waals surface area (Å²) in [7, 11) is 0. The number of rotatable bonds is 7. The highest BCUT2D eigenvalue weighted by Crippen LogP contribution is 2.28.